The van der Waals surface area contributed by atoms with Gasteiger partial charge in [0.25, 0.3) is 5.91 Å². The van der Waals surface area contributed by atoms with Crippen LogP contribution in [0.2, 0.25) is 0 Å². The average molecular weight is 505 g/mol. The molecular formula is C30H33FN2O4. The minimum atomic E-state index is -0.544. The molecule has 0 unspecified atom stereocenters. The van der Waals surface area contributed by atoms with Gasteiger partial charge in [-0.25, -0.2) is 4.39 Å². The first kappa shape index (κ1) is 26.3. The summed E-state index contributed by atoms with van der Waals surface area (Å²) in [7, 11) is 0. The molecule has 0 radical (unpaired) electrons. The molecule has 2 N–H and O–H groups in total. The standard InChI is InChI=1S/C30H33FN2O4/c1-5-6-20(4)26(19(2)3)16-33-30(34)25-13-21(7-9-27(25)31)24-11-12-32-15-22(24)17-35-23-8-10-28-29(14-23)37-18-36-28/h1,6-10,13-14,22,24,32H,11-12,15-18H2,2-4H3,(H,33,34)/b20-6-/t22-,24-/m0/s1. The topological polar surface area (TPSA) is 68.8 Å². The number of carbonyl (C=O) groups is 1. The maximum absolute atomic E-state index is 14.8. The second kappa shape index (κ2) is 12.0. The maximum atomic E-state index is 14.8. The molecule has 2 aromatic rings. The molecule has 0 saturated carbocycles. The first-order valence-corrected chi connectivity index (χ1v) is 12.5. The van der Waals surface area contributed by atoms with E-state index in [9.17, 15) is 9.18 Å². The van der Waals surface area contributed by atoms with Gasteiger partial charge in [0.05, 0.1) is 12.2 Å². The van der Waals surface area contributed by atoms with Crippen molar-refractivity contribution in [2.24, 2.45) is 5.92 Å². The van der Waals surface area contributed by atoms with Gasteiger partial charge in [0.1, 0.15) is 11.6 Å². The van der Waals surface area contributed by atoms with Crippen LogP contribution in [-0.4, -0.2) is 38.9 Å². The summed E-state index contributed by atoms with van der Waals surface area (Å²) in [6.45, 7) is 8.38. The summed E-state index contributed by atoms with van der Waals surface area (Å²) in [5.41, 5.74) is 3.84. The van der Waals surface area contributed by atoms with Crippen molar-refractivity contribution in [1.82, 2.24) is 10.6 Å². The Kier molecular flexibility index (Phi) is 8.52. The SMILES string of the molecule is C#C/C=C(/C)C(CNC(=O)c1cc([C@@H]2CCNC[C@H]2COc2ccc3c(c2)OCO3)ccc1F)=C(C)C. The lowest BCUT2D eigenvalue weighted by Crippen LogP contribution is -2.38. The van der Waals surface area contributed by atoms with Crippen molar-refractivity contribution in [3.63, 3.8) is 0 Å². The van der Waals surface area contributed by atoms with Crippen molar-refractivity contribution in [1.29, 1.82) is 0 Å². The third-order valence-electron chi connectivity index (χ3n) is 6.88. The minimum absolute atomic E-state index is 0.0400. The number of hydrogen-bond donors (Lipinski definition) is 2. The fourth-order valence-electron chi connectivity index (χ4n) is 4.84. The third kappa shape index (κ3) is 6.33. The van der Waals surface area contributed by atoms with Gasteiger partial charge in [0.2, 0.25) is 6.79 Å². The Morgan fingerprint density at radius 1 is 1.22 bits per heavy atom. The van der Waals surface area contributed by atoms with E-state index in [1.54, 1.807) is 18.2 Å². The molecule has 37 heavy (non-hydrogen) atoms. The molecule has 6 nitrogen and oxygen atoms in total. The smallest absolute Gasteiger partial charge is 0.254 e. The number of amides is 1. The molecule has 0 aromatic heterocycles. The van der Waals surface area contributed by atoms with Crippen LogP contribution >= 0.6 is 0 Å². The molecule has 0 aliphatic carbocycles. The Bertz CT molecular complexity index is 1260. The lowest BCUT2D eigenvalue weighted by atomic mass is 9.81. The quantitative estimate of drug-likeness (QED) is 0.392. The zero-order chi connectivity index (χ0) is 26.4. The van der Waals surface area contributed by atoms with E-state index in [0.29, 0.717) is 23.9 Å². The Morgan fingerprint density at radius 3 is 2.81 bits per heavy atom. The van der Waals surface area contributed by atoms with Crippen LogP contribution in [0.4, 0.5) is 4.39 Å². The van der Waals surface area contributed by atoms with Gasteiger partial charge >= 0.3 is 0 Å². The predicted molar refractivity (Wildman–Crippen MR) is 141 cm³/mol. The summed E-state index contributed by atoms with van der Waals surface area (Å²) in [6.07, 6.45) is 7.93. The van der Waals surface area contributed by atoms with Crippen LogP contribution < -0.4 is 24.8 Å². The summed E-state index contributed by atoms with van der Waals surface area (Å²) >= 11 is 0. The number of rotatable bonds is 8. The van der Waals surface area contributed by atoms with Gasteiger partial charge in [-0.1, -0.05) is 17.6 Å². The van der Waals surface area contributed by atoms with Crippen molar-refractivity contribution >= 4 is 5.91 Å². The second-order valence-electron chi connectivity index (χ2n) is 9.58. The molecule has 1 saturated heterocycles. The van der Waals surface area contributed by atoms with Crippen LogP contribution in [-0.2, 0) is 0 Å². The number of piperidine rings is 1. The number of terminal acetylenes is 1. The van der Waals surface area contributed by atoms with Gasteiger partial charge in [-0.2, -0.15) is 0 Å². The van der Waals surface area contributed by atoms with Crippen molar-refractivity contribution in [3.05, 3.63) is 76.1 Å². The molecule has 0 bridgehead atoms. The van der Waals surface area contributed by atoms with Crippen molar-refractivity contribution in [2.75, 3.05) is 33.0 Å². The molecule has 1 fully saturated rings. The highest BCUT2D eigenvalue weighted by Crippen LogP contribution is 2.36. The van der Waals surface area contributed by atoms with E-state index < -0.39 is 11.7 Å². The predicted octanol–water partition coefficient (Wildman–Crippen LogP) is 4.97. The van der Waals surface area contributed by atoms with Gasteiger partial charge in [0.15, 0.2) is 11.5 Å². The van der Waals surface area contributed by atoms with Gasteiger partial charge in [0, 0.05) is 25.1 Å². The molecular weight excluding hydrogens is 471 g/mol. The number of benzene rings is 2. The summed E-state index contributed by atoms with van der Waals surface area (Å²) in [6, 6.07) is 10.4. The van der Waals surface area contributed by atoms with Crippen LogP contribution in [0.1, 0.15) is 49.0 Å². The van der Waals surface area contributed by atoms with Gasteiger partial charge in [-0.3, -0.25) is 4.79 Å². The number of ether oxygens (including phenoxy) is 3. The van der Waals surface area contributed by atoms with Crippen molar-refractivity contribution in [2.45, 2.75) is 33.1 Å². The van der Waals surface area contributed by atoms with Crippen LogP contribution in [0, 0.1) is 24.1 Å². The van der Waals surface area contributed by atoms with E-state index in [0.717, 1.165) is 41.8 Å². The summed E-state index contributed by atoms with van der Waals surface area (Å²) in [5, 5.41) is 6.29. The Morgan fingerprint density at radius 2 is 2.03 bits per heavy atom. The number of carbonyl (C=O) groups excluding carboxylic acids is 1. The number of allylic oxidation sites excluding steroid dienone is 2. The first-order chi connectivity index (χ1) is 17.9. The fraction of sp³-hybridized carbons (Fsp3) is 0.367. The minimum Gasteiger partial charge on any atom is -0.493 e. The third-order valence-corrected chi connectivity index (χ3v) is 6.88. The van der Waals surface area contributed by atoms with E-state index in [1.807, 2.05) is 39.0 Å². The molecule has 194 valence electrons. The Balaban J connectivity index is 1.46. The number of halogens is 1. The normalized spacial score (nSPS) is 18.6. The molecule has 2 aromatic carbocycles. The van der Waals surface area contributed by atoms with Crippen LogP contribution in [0.3, 0.4) is 0 Å². The Hall–Kier alpha value is -3.76. The number of hydrogen-bond acceptors (Lipinski definition) is 5. The van der Waals surface area contributed by atoms with Crippen molar-refractivity contribution in [3.8, 4) is 29.6 Å². The lowest BCUT2D eigenvalue weighted by Gasteiger charge is -2.32. The van der Waals surface area contributed by atoms with Crippen LogP contribution in [0.25, 0.3) is 0 Å². The zero-order valence-corrected chi connectivity index (χ0v) is 21.5. The van der Waals surface area contributed by atoms with E-state index in [-0.39, 0.29) is 30.7 Å². The van der Waals surface area contributed by atoms with E-state index in [2.05, 4.69) is 16.6 Å². The van der Waals surface area contributed by atoms with E-state index in [4.69, 9.17) is 20.6 Å². The zero-order valence-electron chi connectivity index (χ0n) is 21.5. The molecule has 2 aliphatic heterocycles. The highest BCUT2D eigenvalue weighted by atomic mass is 19.1. The maximum Gasteiger partial charge on any atom is 0.254 e. The lowest BCUT2D eigenvalue weighted by molar-refractivity contribution is 0.0953. The monoisotopic (exact) mass is 504 g/mol. The van der Waals surface area contributed by atoms with Gasteiger partial charge in [-0.15, -0.1) is 6.42 Å². The van der Waals surface area contributed by atoms with E-state index in [1.165, 1.54) is 6.07 Å². The molecule has 2 aliphatic rings. The molecule has 2 heterocycles. The number of nitrogens with one attached hydrogen (secondary N) is 2. The summed E-state index contributed by atoms with van der Waals surface area (Å²) < 4.78 is 31.7. The second-order valence-corrected chi connectivity index (χ2v) is 9.58. The molecule has 1 amide bonds. The largest absolute Gasteiger partial charge is 0.493 e. The molecule has 0 spiro atoms. The van der Waals surface area contributed by atoms with Crippen molar-refractivity contribution < 1.29 is 23.4 Å². The highest BCUT2D eigenvalue weighted by molar-refractivity contribution is 5.94. The van der Waals surface area contributed by atoms with E-state index >= 15 is 0 Å². The molecule has 2 atom stereocenters. The fourth-order valence-corrected chi connectivity index (χ4v) is 4.84. The van der Waals surface area contributed by atoms with Crippen LogP contribution in [0.15, 0.2) is 59.2 Å². The summed E-state index contributed by atoms with van der Waals surface area (Å²) in [4.78, 5) is 13.0. The molecule has 4 rings (SSSR count). The highest BCUT2D eigenvalue weighted by Gasteiger charge is 2.28. The molecule has 7 heteroatoms. The first-order valence-electron chi connectivity index (χ1n) is 12.5. The Labute approximate surface area is 217 Å². The summed E-state index contributed by atoms with van der Waals surface area (Å²) in [5.74, 6) is 3.88. The van der Waals surface area contributed by atoms with Gasteiger partial charge < -0.3 is 24.8 Å². The number of fused-ring (bicyclic) bond motifs is 1. The van der Waals surface area contributed by atoms with Crippen LogP contribution in [0.5, 0.6) is 17.2 Å². The van der Waals surface area contributed by atoms with Gasteiger partial charge in [-0.05, 0) is 86.7 Å². The average Bonchev–Trinajstić information content (AvgIpc) is 3.36.